The first-order valence-corrected chi connectivity index (χ1v) is 10.3. The Balaban J connectivity index is 1.53. The number of pyridine rings is 1. The van der Waals surface area contributed by atoms with Crippen molar-refractivity contribution in [1.82, 2.24) is 25.1 Å². The molecular formula is C25H20N6O2. The molecule has 0 spiro atoms. The highest BCUT2D eigenvalue weighted by Crippen LogP contribution is 2.31. The van der Waals surface area contributed by atoms with Gasteiger partial charge in [-0.2, -0.15) is 10.2 Å². The number of carbonyl (C=O) groups is 1. The summed E-state index contributed by atoms with van der Waals surface area (Å²) in [6, 6.07) is 16.6. The van der Waals surface area contributed by atoms with Crippen molar-refractivity contribution in [1.29, 1.82) is 0 Å². The molecule has 5 aromatic rings. The number of amides is 1. The molecule has 0 aliphatic rings. The van der Waals surface area contributed by atoms with Gasteiger partial charge in [0.1, 0.15) is 0 Å². The zero-order chi connectivity index (χ0) is 22.8. The molecule has 0 aliphatic carbocycles. The molecular weight excluding hydrogens is 416 g/mol. The van der Waals surface area contributed by atoms with E-state index in [0.717, 1.165) is 27.6 Å². The Bertz CT molecular complexity index is 1450. The number of rotatable bonds is 5. The standard InChI is InChI=1S/C25H20N6O2/c1-16-5-4-6-18(11-16)25(33,23-27-9-10-28-23)24(32)30-19-12-17(13-26-14-19)21-15-29-31-22-8-3-2-7-20(21)22/h2-15,33H,1H3,(H,27,28)(H,30,32)/t25-/m1/s1. The largest absolute Gasteiger partial charge is 0.369 e. The Morgan fingerprint density at radius 1 is 1.06 bits per heavy atom. The molecule has 1 amide bonds. The number of imidazole rings is 1. The third kappa shape index (κ3) is 3.72. The molecule has 3 N–H and O–H groups in total. The zero-order valence-corrected chi connectivity index (χ0v) is 17.7. The molecule has 0 bridgehead atoms. The maximum Gasteiger partial charge on any atom is 0.269 e. The Hall–Kier alpha value is -4.43. The van der Waals surface area contributed by atoms with Gasteiger partial charge in [0, 0.05) is 40.7 Å². The topological polar surface area (TPSA) is 117 Å². The fraction of sp³-hybridized carbons (Fsp3) is 0.0800. The van der Waals surface area contributed by atoms with E-state index < -0.39 is 11.5 Å². The number of hydrogen-bond donors (Lipinski definition) is 3. The van der Waals surface area contributed by atoms with E-state index in [9.17, 15) is 9.90 Å². The second kappa shape index (κ2) is 8.25. The first kappa shape index (κ1) is 20.5. The van der Waals surface area contributed by atoms with Crippen LogP contribution >= 0.6 is 0 Å². The van der Waals surface area contributed by atoms with Crippen LogP contribution in [0.25, 0.3) is 22.0 Å². The monoisotopic (exact) mass is 436 g/mol. The fourth-order valence-electron chi connectivity index (χ4n) is 3.82. The van der Waals surface area contributed by atoms with Gasteiger partial charge in [-0.25, -0.2) is 4.98 Å². The number of aryl methyl sites for hydroxylation is 1. The number of aromatic nitrogens is 5. The van der Waals surface area contributed by atoms with Crippen molar-refractivity contribution in [3.63, 3.8) is 0 Å². The Labute approximate surface area is 189 Å². The summed E-state index contributed by atoms with van der Waals surface area (Å²) in [7, 11) is 0. The minimum absolute atomic E-state index is 0.124. The number of anilines is 1. The lowest BCUT2D eigenvalue weighted by Crippen LogP contribution is -2.42. The lowest BCUT2D eigenvalue weighted by atomic mass is 9.90. The van der Waals surface area contributed by atoms with Crippen molar-refractivity contribution >= 4 is 22.5 Å². The van der Waals surface area contributed by atoms with Crippen LogP contribution in [0, 0.1) is 6.92 Å². The summed E-state index contributed by atoms with van der Waals surface area (Å²) in [5.74, 6) is -0.529. The number of carbonyl (C=O) groups excluding carboxylic acids is 1. The maximum atomic E-state index is 13.4. The van der Waals surface area contributed by atoms with Crippen LogP contribution in [0.2, 0.25) is 0 Å². The number of aliphatic hydroxyl groups is 1. The second-order valence-electron chi connectivity index (χ2n) is 7.71. The molecule has 1 atom stereocenters. The van der Waals surface area contributed by atoms with Gasteiger partial charge in [-0.3, -0.25) is 9.78 Å². The summed E-state index contributed by atoms with van der Waals surface area (Å²) < 4.78 is 0. The average Bonchev–Trinajstić information content (AvgIpc) is 3.39. The van der Waals surface area contributed by atoms with Gasteiger partial charge in [-0.1, -0.05) is 48.0 Å². The smallest absolute Gasteiger partial charge is 0.269 e. The molecule has 3 aromatic heterocycles. The van der Waals surface area contributed by atoms with E-state index in [1.165, 1.54) is 12.4 Å². The van der Waals surface area contributed by atoms with Crippen LogP contribution in [0.4, 0.5) is 5.69 Å². The van der Waals surface area contributed by atoms with Gasteiger partial charge in [0.2, 0.25) is 5.60 Å². The molecule has 0 aliphatic heterocycles. The van der Waals surface area contributed by atoms with Crippen molar-refractivity contribution in [3.8, 4) is 11.1 Å². The van der Waals surface area contributed by atoms with Gasteiger partial charge < -0.3 is 15.4 Å². The molecule has 2 aromatic carbocycles. The highest BCUT2D eigenvalue weighted by molar-refractivity contribution is 6.00. The normalized spacial score (nSPS) is 12.9. The van der Waals surface area contributed by atoms with E-state index in [4.69, 9.17) is 0 Å². The van der Waals surface area contributed by atoms with E-state index in [1.54, 1.807) is 42.9 Å². The van der Waals surface area contributed by atoms with Crippen LogP contribution in [0.1, 0.15) is 17.0 Å². The summed E-state index contributed by atoms with van der Waals surface area (Å²) in [4.78, 5) is 24.7. The van der Waals surface area contributed by atoms with Crippen molar-refractivity contribution in [2.75, 3.05) is 5.32 Å². The molecule has 0 radical (unpaired) electrons. The van der Waals surface area contributed by atoms with E-state index in [0.29, 0.717) is 11.3 Å². The Morgan fingerprint density at radius 3 is 2.76 bits per heavy atom. The van der Waals surface area contributed by atoms with Crippen molar-refractivity contribution in [2.24, 2.45) is 0 Å². The first-order valence-electron chi connectivity index (χ1n) is 10.3. The minimum atomic E-state index is -2.02. The molecule has 5 rings (SSSR count). The predicted octanol–water partition coefficient (Wildman–Crippen LogP) is 3.60. The van der Waals surface area contributed by atoms with Gasteiger partial charge in [0.25, 0.3) is 5.91 Å². The molecule has 0 saturated heterocycles. The van der Waals surface area contributed by atoms with Crippen LogP contribution in [-0.2, 0) is 10.4 Å². The Morgan fingerprint density at radius 2 is 1.94 bits per heavy atom. The van der Waals surface area contributed by atoms with Crippen LogP contribution in [-0.4, -0.2) is 36.2 Å². The molecule has 0 saturated carbocycles. The number of fused-ring (bicyclic) bond motifs is 1. The SMILES string of the molecule is Cc1cccc([C@](O)(C(=O)Nc2cncc(-c3cnnc4ccccc34)c2)c2ncc[nH]2)c1. The summed E-state index contributed by atoms with van der Waals surface area (Å²) in [5.41, 5.74) is 2.08. The highest BCUT2D eigenvalue weighted by atomic mass is 16.3. The number of H-pyrrole nitrogens is 1. The van der Waals surface area contributed by atoms with Crippen LogP contribution in [0.3, 0.4) is 0 Å². The lowest BCUT2D eigenvalue weighted by molar-refractivity contribution is -0.131. The number of benzene rings is 2. The summed E-state index contributed by atoms with van der Waals surface area (Å²) in [5, 5.41) is 23.5. The summed E-state index contributed by atoms with van der Waals surface area (Å²) in [6.45, 7) is 1.89. The fourth-order valence-corrected chi connectivity index (χ4v) is 3.82. The zero-order valence-electron chi connectivity index (χ0n) is 17.7. The van der Waals surface area contributed by atoms with Gasteiger partial charge in [0.05, 0.1) is 23.6 Å². The second-order valence-corrected chi connectivity index (χ2v) is 7.71. The number of aromatic amines is 1. The molecule has 0 unspecified atom stereocenters. The molecule has 0 fully saturated rings. The van der Waals surface area contributed by atoms with E-state index >= 15 is 0 Å². The Kier molecular flexibility index (Phi) is 5.12. The molecule has 33 heavy (non-hydrogen) atoms. The highest BCUT2D eigenvalue weighted by Gasteiger charge is 2.42. The van der Waals surface area contributed by atoms with Gasteiger partial charge in [-0.05, 0) is 19.1 Å². The quantitative estimate of drug-likeness (QED) is 0.388. The number of nitrogens with one attached hydrogen (secondary N) is 2. The van der Waals surface area contributed by atoms with E-state index in [-0.39, 0.29) is 5.82 Å². The third-order valence-corrected chi connectivity index (χ3v) is 5.46. The number of nitrogens with zero attached hydrogens (tertiary/aromatic N) is 4. The minimum Gasteiger partial charge on any atom is -0.369 e. The predicted molar refractivity (Wildman–Crippen MR) is 124 cm³/mol. The van der Waals surface area contributed by atoms with Crippen LogP contribution < -0.4 is 5.32 Å². The molecule has 3 heterocycles. The number of hydrogen-bond acceptors (Lipinski definition) is 6. The van der Waals surface area contributed by atoms with Gasteiger partial charge in [0.15, 0.2) is 5.82 Å². The van der Waals surface area contributed by atoms with Gasteiger partial charge in [-0.15, -0.1) is 0 Å². The molecule has 162 valence electrons. The summed E-state index contributed by atoms with van der Waals surface area (Å²) >= 11 is 0. The van der Waals surface area contributed by atoms with E-state index in [2.05, 4.69) is 30.5 Å². The average molecular weight is 436 g/mol. The first-order chi connectivity index (χ1) is 16.1. The van der Waals surface area contributed by atoms with Gasteiger partial charge >= 0.3 is 0 Å². The van der Waals surface area contributed by atoms with E-state index in [1.807, 2.05) is 37.3 Å². The molecule has 8 nitrogen and oxygen atoms in total. The van der Waals surface area contributed by atoms with Crippen molar-refractivity contribution < 1.29 is 9.90 Å². The third-order valence-electron chi connectivity index (χ3n) is 5.46. The van der Waals surface area contributed by atoms with Crippen LogP contribution in [0.15, 0.2) is 85.6 Å². The molecule has 8 heteroatoms. The van der Waals surface area contributed by atoms with Crippen LogP contribution in [0.5, 0.6) is 0 Å². The maximum absolute atomic E-state index is 13.4. The summed E-state index contributed by atoms with van der Waals surface area (Å²) in [6.07, 6.45) is 7.94. The van der Waals surface area contributed by atoms with Crippen molar-refractivity contribution in [2.45, 2.75) is 12.5 Å². The lowest BCUT2D eigenvalue weighted by Gasteiger charge is -2.26. The van der Waals surface area contributed by atoms with Crippen molar-refractivity contribution in [3.05, 3.63) is 103 Å².